The van der Waals surface area contributed by atoms with Crippen LogP contribution in [0.4, 0.5) is 8.78 Å². The highest BCUT2D eigenvalue weighted by Gasteiger charge is 2.46. The Labute approximate surface area is 551 Å². The van der Waals surface area contributed by atoms with Crippen molar-refractivity contribution >= 4 is 77.0 Å². The Balaban J connectivity index is 0.918. The van der Waals surface area contributed by atoms with Gasteiger partial charge in [0.15, 0.2) is 0 Å². The summed E-state index contributed by atoms with van der Waals surface area (Å²) in [5.41, 5.74) is 3.08. The fraction of sp³-hybridized carbons (Fsp3) is 0.600. The van der Waals surface area contributed by atoms with Gasteiger partial charge in [0.25, 0.3) is 30.7 Å². The number of thioether (sulfide) groups is 1. The maximum atomic E-state index is 14.0. The molecule has 516 valence electrons. The Morgan fingerprint density at radius 2 is 1.47 bits per heavy atom. The zero-order valence-corrected chi connectivity index (χ0v) is 54.4. The van der Waals surface area contributed by atoms with Crippen molar-refractivity contribution in [3.05, 3.63) is 71.4 Å². The van der Waals surface area contributed by atoms with Gasteiger partial charge >= 0.3 is 5.97 Å². The van der Waals surface area contributed by atoms with Crippen molar-refractivity contribution in [2.75, 3.05) is 150 Å². The lowest BCUT2D eigenvalue weighted by Crippen LogP contribution is -2.52. The number of piperidine rings is 1. The van der Waals surface area contributed by atoms with Crippen LogP contribution >= 0.6 is 11.8 Å². The van der Waals surface area contributed by atoms with Gasteiger partial charge in [-0.1, -0.05) is 42.2 Å². The van der Waals surface area contributed by atoms with Crippen LogP contribution in [0.2, 0.25) is 0 Å². The number of pyridine rings is 1. The second-order valence-electron chi connectivity index (χ2n) is 23.7. The fourth-order valence-electron chi connectivity index (χ4n) is 11.2. The van der Waals surface area contributed by atoms with E-state index in [2.05, 4.69) is 44.3 Å². The minimum atomic E-state index is -3.10. The van der Waals surface area contributed by atoms with Crippen molar-refractivity contribution in [3.63, 3.8) is 0 Å². The lowest BCUT2D eigenvalue weighted by atomic mass is 9.91. The number of alkyl halides is 2. The number of aryl methyl sites for hydroxylation is 2. The van der Waals surface area contributed by atoms with Crippen LogP contribution in [0.1, 0.15) is 79.3 Å². The third kappa shape index (κ3) is 27.0. The topological polar surface area (TPSA) is 311 Å². The number of likely N-dealkylation sites (tertiary alicyclic amines) is 2. The van der Waals surface area contributed by atoms with Gasteiger partial charge < -0.3 is 60.2 Å². The van der Waals surface area contributed by atoms with Crippen LogP contribution in [0.15, 0.2) is 54.7 Å². The smallest absolute Gasteiger partial charge is 0.317 e. The summed E-state index contributed by atoms with van der Waals surface area (Å²) in [4.78, 5) is 128. The van der Waals surface area contributed by atoms with E-state index in [1.54, 1.807) is 28.0 Å². The number of halogens is 2. The third-order valence-electron chi connectivity index (χ3n) is 16.5. The predicted molar refractivity (Wildman–Crippen MR) is 345 cm³/mol. The number of benzene rings is 2. The number of hydrogen-bond acceptors (Lipinski definition) is 20. The monoisotopic (exact) mass is 1340 g/mol. The Bertz CT molecular complexity index is 2980. The number of nitrogens with one attached hydrogen (secondary N) is 4. The van der Waals surface area contributed by atoms with Crippen molar-refractivity contribution in [3.8, 4) is 18.1 Å². The molecule has 26 nitrogen and oxygen atoms in total. The van der Waals surface area contributed by atoms with Crippen LogP contribution in [0.25, 0.3) is 10.9 Å². The summed E-state index contributed by atoms with van der Waals surface area (Å²) in [6.45, 7) is 5.51. The normalized spacial score (nSPS) is 17.7. The molecular weight excluding hydrogens is 1240 g/mol. The number of nitrogens with zero attached hydrogens (tertiary/aromatic N) is 7. The highest BCUT2D eigenvalue weighted by molar-refractivity contribution is 7.99. The molecule has 0 saturated carbocycles. The summed E-state index contributed by atoms with van der Waals surface area (Å²) in [5.74, 6) is -3.31. The zero-order valence-electron chi connectivity index (χ0n) is 53.6. The lowest BCUT2D eigenvalue weighted by molar-refractivity contribution is -0.140. The number of carboxylic acids is 1. The number of terminal acetylenes is 1. The number of rotatable bonds is 37. The summed E-state index contributed by atoms with van der Waals surface area (Å²) in [5, 5.41) is 32.2. The predicted octanol–water partition coefficient (Wildman–Crippen LogP) is 1.74. The number of aromatic nitrogens is 1. The molecule has 3 atom stereocenters. The molecule has 0 spiro atoms. The molecule has 3 fully saturated rings. The van der Waals surface area contributed by atoms with Gasteiger partial charge in [-0.05, 0) is 87.6 Å². The molecule has 3 aliphatic rings. The molecule has 3 aromatic rings. The van der Waals surface area contributed by atoms with Crippen molar-refractivity contribution in [2.24, 2.45) is 5.92 Å². The minimum absolute atomic E-state index is 0.0191. The van der Waals surface area contributed by atoms with E-state index in [1.807, 2.05) is 33.8 Å². The zero-order chi connectivity index (χ0) is 67.7. The van der Waals surface area contributed by atoms with Crippen molar-refractivity contribution < 1.29 is 81.1 Å². The number of amides is 6. The first-order valence-electron chi connectivity index (χ1n) is 32.0. The molecule has 3 saturated heterocycles. The first kappa shape index (κ1) is 75.4. The molecule has 3 aliphatic heterocycles. The van der Waals surface area contributed by atoms with Crippen molar-refractivity contribution in [1.29, 1.82) is 0 Å². The second kappa shape index (κ2) is 40.6. The average molecular weight is 1340 g/mol. The molecule has 0 aliphatic carbocycles. The van der Waals surface area contributed by atoms with Gasteiger partial charge in [-0.3, -0.25) is 67.7 Å². The highest BCUT2D eigenvalue weighted by Crippen LogP contribution is 2.32. The van der Waals surface area contributed by atoms with Crippen LogP contribution in [0, 0.1) is 25.2 Å². The van der Waals surface area contributed by atoms with E-state index in [9.17, 15) is 62.1 Å². The molecule has 6 N–H and O–H groups in total. The Morgan fingerprint density at radius 1 is 0.798 bits per heavy atom. The number of ether oxygens (including phenoxy) is 4. The lowest BCUT2D eigenvalue weighted by Gasteiger charge is -2.33. The summed E-state index contributed by atoms with van der Waals surface area (Å²) >= 11 is 1.29. The molecule has 4 heterocycles. The number of carbonyl (C=O) groups is 9. The van der Waals surface area contributed by atoms with E-state index in [4.69, 9.17) is 25.4 Å². The van der Waals surface area contributed by atoms with Crippen molar-refractivity contribution in [2.45, 2.75) is 95.2 Å². The van der Waals surface area contributed by atoms with E-state index >= 15 is 0 Å². The van der Waals surface area contributed by atoms with Crippen LogP contribution in [-0.2, 0) is 59.0 Å². The van der Waals surface area contributed by atoms with E-state index < -0.39 is 73.2 Å². The molecule has 0 bridgehead atoms. The Kier molecular flexibility index (Phi) is 32.6. The van der Waals surface area contributed by atoms with Crippen LogP contribution in [-0.4, -0.2) is 273 Å². The van der Waals surface area contributed by atoms with E-state index in [1.165, 1.54) is 29.6 Å². The minimum Gasteiger partial charge on any atom is -0.494 e. The molecule has 29 heteroatoms. The summed E-state index contributed by atoms with van der Waals surface area (Å²) in [6.07, 6.45) is 10.9. The number of aliphatic hydroxyl groups is 1. The average Bonchev–Trinajstić information content (AvgIpc) is 1.59. The van der Waals surface area contributed by atoms with Gasteiger partial charge in [-0.15, -0.1) is 6.42 Å². The number of unbranched alkanes of at least 4 members (excludes halogenated alkanes) is 1. The van der Waals surface area contributed by atoms with Gasteiger partial charge in [0, 0.05) is 121 Å². The number of hydrogen-bond donors (Lipinski definition) is 6. The maximum Gasteiger partial charge on any atom is 0.317 e. The molecular formula is C65H91F2N11O15S. The van der Waals surface area contributed by atoms with E-state index in [0.717, 1.165) is 49.0 Å². The summed E-state index contributed by atoms with van der Waals surface area (Å²) in [7, 11) is 0. The number of carbonyl (C=O) groups excluding carboxylic acids is 8. The van der Waals surface area contributed by atoms with Crippen molar-refractivity contribution in [1.82, 2.24) is 55.7 Å². The standard InChI is InChI=1S/C65H91F2N11O15S/c1-3-51-38-65(66,67)43-78(51)60(84)39-71-62(87)53-16-20-68-55-15-14-52(37-54(53)55)93-33-5-4-7-50-17-23-77(24-18-50)64(89)57(81)42-94-36-22-70-63(88)56(19-34-90-35-21-69-58(82)9-6-8-49-12-10-48(2)11-13-49)72-59(83)40-73-25-26-74(41-61(85)86)28-30-76(45-92-47-80)32-31-75(29-27-73)44-91-46-79/h1,10-16,20,37,46-47,50-51,56-57,81H,4-9,17-19,21-36,38-45H2,2H3,(H,69,82)(H,70,88)(H,71,87)(H,72,83)(H,85,86)/t51-,56?,57?/m0/s1. The molecule has 0 radical (unpaired) electrons. The third-order valence-corrected chi connectivity index (χ3v) is 17.6. The second-order valence-corrected chi connectivity index (χ2v) is 24.8. The highest BCUT2D eigenvalue weighted by atomic mass is 32.2. The molecule has 6 amide bonds. The SMILES string of the molecule is C#C[C@H]1CC(F)(F)CN1C(=O)CNC(=O)c1ccnc2ccc(OCCCCC3CCN(C(=O)C(O)CSCCNC(=O)C(CCOCCNC(=O)CCCc4ccc(C)cc4)NC(=O)CN4CCN(COC=O)CCN(COC=O)CCN(CC(=O)O)CC4)CC3)cc12. The molecule has 94 heavy (non-hydrogen) atoms. The molecule has 2 aromatic carbocycles. The van der Waals surface area contributed by atoms with Crippen LogP contribution in [0.5, 0.6) is 5.75 Å². The fourth-order valence-corrected chi connectivity index (χ4v) is 12.0. The van der Waals surface area contributed by atoms with Gasteiger partial charge in [-0.2, -0.15) is 11.8 Å². The van der Waals surface area contributed by atoms with Crippen LogP contribution in [0.3, 0.4) is 0 Å². The van der Waals surface area contributed by atoms with Gasteiger partial charge in [0.2, 0.25) is 23.6 Å². The van der Waals surface area contributed by atoms with Crippen LogP contribution < -0.4 is 26.0 Å². The molecule has 6 rings (SSSR count). The quantitative estimate of drug-likeness (QED) is 0.0272. The largest absolute Gasteiger partial charge is 0.494 e. The number of carboxylic acid groups (broad SMARTS) is 1. The van der Waals surface area contributed by atoms with E-state index in [0.29, 0.717) is 113 Å². The first-order valence-corrected chi connectivity index (χ1v) is 33.2. The molecule has 2 unspecified atom stereocenters. The number of aliphatic hydroxyl groups excluding tert-OH is 1. The van der Waals surface area contributed by atoms with Gasteiger partial charge in [0.05, 0.1) is 56.5 Å². The molecule has 1 aromatic heterocycles. The Morgan fingerprint density at radius 3 is 2.13 bits per heavy atom. The van der Waals surface area contributed by atoms with Gasteiger partial charge in [-0.25, -0.2) is 8.78 Å². The van der Waals surface area contributed by atoms with E-state index in [-0.39, 0.29) is 95.5 Å². The Hall–Kier alpha value is -7.59. The first-order chi connectivity index (χ1) is 45.3. The van der Waals surface area contributed by atoms with Gasteiger partial charge in [0.1, 0.15) is 31.4 Å². The summed E-state index contributed by atoms with van der Waals surface area (Å²) < 4.78 is 49.8. The maximum absolute atomic E-state index is 14.0. The number of fused-ring (bicyclic) bond motifs is 1. The number of aliphatic carboxylic acids is 1. The summed E-state index contributed by atoms with van der Waals surface area (Å²) in [6, 6.07) is 12.7.